The van der Waals surface area contributed by atoms with E-state index < -0.39 is 11.7 Å². The molecule has 11 nitrogen and oxygen atoms in total. The van der Waals surface area contributed by atoms with Crippen LogP contribution >= 0.6 is 0 Å². The molecule has 2 aliphatic heterocycles. The van der Waals surface area contributed by atoms with Gasteiger partial charge in [-0.15, -0.1) is 0 Å². The van der Waals surface area contributed by atoms with Gasteiger partial charge in [0, 0.05) is 44.2 Å². The largest absolute Gasteiger partial charge is 0.396 e. The number of halogens is 1. The predicted octanol–water partition coefficient (Wildman–Crippen LogP) is 3.26. The van der Waals surface area contributed by atoms with Crippen molar-refractivity contribution in [2.75, 3.05) is 66.5 Å². The van der Waals surface area contributed by atoms with Crippen molar-refractivity contribution in [1.82, 2.24) is 20.4 Å². The SMILES string of the molecule is Cc1cc(Nc2ccc(C(=O)NNc3ncc(F)c(N4CCOCC4)n3)nc2)cc(N2CCC(CCO)CC2)c1. The Hall–Kier alpha value is -4.03. The van der Waals surface area contributed by atoms with E-state index in [-0.39, 0.29) is 24.1 Å². The Kier molecular flexibility index (Phi) is 8.87. The van der Waals surface area contributed by atoms with Gasteiger partial charge in [-0.25, -0.2) is 14.4 Å². The number of piperidine rings is 1. The predicted molar refractivity (Wildman–Crippen MR) is 151 cm³/mol. The molecule has 0 spiro atoms. The lowest BCUT2D eigenvalue weighted by molar-refractivity contribution is 0.0957. The van der Waals surface area contributed by atoms with E-state index >= 15 is 0 Å². The van der Waals surface area contributed by atoms with Crippen LogP contribution in [0.25, 0.3) is 0 Å². The highest BCUT2D eigenvalue weighted by Gasteiger charge is 2.20. The van der Waals surface area contributed by atoms with Crippen LogP contribution in [0.5, 0.6) is 0 Å². The van der Waals surface area contributed by atoms with Gasteiger partial charge < -0.3 is 25.0 Å². The first-order valence-electron chi connectivity index (χ1n) is 13.6. The van der Waals surface area contributed by atoms with Crippen molar-refractivity contribution >= 4 is 34.7 Å². The molecule has 0 aliphatic carbocycles. The van der Waals surface area contributed by atoms with Gasteiger partial charge in [-0.1, -0.05) is 0 Å². The highest BCUT2D eigenvalue weighted by Crippen LogP contribution is 2.29. The van der Waals surface area contributed by atoms with Gasteiger partial charge in [-0.05, 0) is 68.0 Å². The summed E-state index contributed by atoms with van der Waals surface area (Å²) in [7, 11) is 0. The molecule has 0 bridgehead atoms. The number of hydrogen-bond acceptors (Lipinski definition) is 10. The zero-order chi connectivity index (χ0) is 27.9. The number of nitrogens with one attached hydrogen (secondary N) is 3. The molecule has 2 aliphatic rings. The van der Waals surface area contributed by atoms with Gasteiger partial charge in [0.2, 0.25) is 5.95 Å². The van der Waals surface area contributed by atoms with Gasteiger partial charge in [0.15, 0.2) is 11.6 Å². The van der Waals surface area contributed by atoms with E-state index in [1.807, 2.05) is 0 Å². The Bertz CT molecular complexity index is 1300. The molecule has 1 aromatic carbocycles. The van der Waals surface area contributed by atoms with Crippen LogP contribution in [0.1, 0.15) is 35.3 Å². The zero-order valence-electron chi connectivity index (χ0n) is 22.6. The number of aryl methyl sites for hydroxylation is 1. The summed E-state index contributed by atoms with van der Waals surface area (Å²) in [6.07, 6.45) is 5.72. The van der Waals surface area contributed by atoms with Crippen LogP contribution < -0.4 is 26.0 Å². The van der Waals surface area contributed by atoms with Crippen molar-refractivity contribution in [2.45, 2.75) is 26.2 Å². The van der Waals surface area contributed by atoms with E-state index in [4.69, 9.17) is 4.74 Å². The molecule has 4 N–H and O–H groups in total. The van der Waals surface area contributed by atoms with Crippen LogP contribution in [0.15, 0.2) is 42.7 Å². The summed E-state index contributed by atoms with van der Waals surface area (Å²) in [4.78, 5) is 29.2. The van der Waals surface area contributed by atoms with Crippen molar-refractivity contribution in [3.05, 3.63) is 59.8 Å². The van der Waals surface area contributed by atoms with Crippen LogP contribution in [-0.2, 0) is 4.74 Å². The Morgan fingerprint density at radius 3 is 2.58 bits per heavy atom. The van der Waals surface area contributed by atoms with Crippen LogP contribution in [0.2, 0.25) is 0 Å². The third-order valence-electron chi connectivity index (χ3n) is 7.19. The number of carbonyl (C=O) groups excluding carboxylic acids is 1. The van der Waals surface area contributed by atoms with Crippen LogP contribution in [0, 0.1) is 18.7 Å². The first-order chi connectivity index (χ1) is 19.5. The molecule has 2 fully saturated rings. The molecule has 40 heavy (non-hydrogen) atoms. The normalized spacial score (nSPS) is 16.1. The number of aromatic nitrogens is 3. The Morgan fingerprint density at radius 2 is 1.85 bits per heavy atom. The third-order valence-corrected chi connectivity index (χ3v) is 7.19. The molecule has 5 rings (SSSR count). The number of carbonyl (C=O) groups is 1. The number of anilines is 5. The molecule has 2 aromatic heterocycles. The number of ether oxygens (including phenoxy) is 1. The number of nitrogens with zero attached hydrogens (tertiary/aromatic N) is 5. The van der Waals surface area contributed by atoms with Crippen molar-refractivity contribution < 1.29 is 19.0 Å². The van der Waals surface area contributed by atoms with Gasteiger partial charge in [-0.2, -0.15) is 4.98 Å². The van der Waals surface area contributed by atoms with E-state index in [1.165, 1.54) is 5.69 Å². The lowest BCUT2D eigenvalue weighted by atomic mass is 9.93. The average molecular weight is 551 g/mol. The number of aliphatic hydroxyl groups excluding tert-OH is 1. The smallest absolute Gasteiger partial charge is 0.288 e. The fourth-order valence-corrected chi connectivity index (χ4v) is 5.04. The summed E-state index contributed by atoms with van der Waals surface area (Å²) in [6.45, 7) is 6.32. The Morgan fingerprint density at radius 1 is 1.05 bits per heavy atom. The van der Waals surface area contributed by atoms with Gasteiger partial charge >= 0.3 is 0 Å². The monoisotopic (exact) mass is 550 g/mol. The maximum atomic E-state index is 14.2. The molecule has 212 valence electrons. The van der Waals surface area contributed by atoms with Crippen LogP contribution in [0.3, 0.4) is 0 Å². The second-order valence-electron chi connectivity index (χ2n) is 10.1. The van der Waals surface area contributed by atoms with Gasteiger partial charge in [0.1, 0.15) is 5.69 Å². The minimum absolute atomic E-state index is 0.0717. The lowest BCUT2D eigenvalue weighted by Crippen LogP contribution is -2.38. The molecule has 4 heterocycles. The average Bonchev–Trinajstić information content (AvgIpc) is 2.98. The van der Waals surface area contributed by atoms with Gasteiger partial charge in [0.05, 0.1) is 31.3 Å². The highest BCUT2D eigenvalue weighted by molar-refractivity contribution is 5.93. The fourth-order valence-electron chi connectivity index (χ4n) is 5.04. The quantitative estimate of drug-likeness (QED) is 0.295. The lowest BCUT2D eigenvalue weighted by Gasteiger charge is -2.34. The number of hydrazine groups is 1. The molecule has 0 radical (unpaired) electrons. The van der Waals surface area contributed by atoms with Crippen molar-refractivity contribution in [1.29, 1.82) is 0 Å². The fraction of sp³-hybridized carbons (Fsp3) is 0.429. The molecule has 12 heteroatoms. The number of pyridine rings is 1. The van der Waals surface area contributed by atoms with Gasteiger partial charge in [0.25, 0.3) is 5.91 Å². The molecule has 0 saturated carbocycles. The summed E-state index contributed by atoms with van der Waals surface area (Å²) >= 11 is 0. The van der Waals surface area contributed by atoms with Crippen LogP contribution in [0.4, 0.5) is 33.2 Å². The molecule has 3 aromatic rings. The number of aliphatic hydroxyl groups is 1. The first-order valence-corrected chi connectivity index (χ1v) is 13.6. The molecule has 0 atom stereocenters. The number of benzene rings is 1. The van der Waals surface area contributed by atoms with E-state index in [9.17, 15) is 14.3 Å². The summed E-state index contributed by atoms with van der Waals surface area (Å²) in [5.41, 5.74) is 9.36. The molecular weight excluding hydrogens is 515 g/mol. The standard InChI is InChI=1S/C28H35FN8O3/c1-19-14-22(16-23(15-19)36-7-4-20(5-8-36)6-11-38)32-21-2-3-25(30-17-21)27(39)34-35-28-31-18-24(29)26(33-28)37-9-12-40-13-10-37/h2-3,14-18,20,32,38H,4-13H2,1H3,(H,34,39)(H,31,33,35). The molecule has 0 unspecified atom stereocenters. The summed E-state index contributed by atoms with van der Waals surface area (Å²) in [6, 6.07) is 9.78. The Labute approximate surface area is 232 Å². The minimum Gasteiger partial charge on any atom is -0.396 e. The third kappa shape index (κ3) is 6.93. The topological polar surface area (TPSA) is 128 Å². The number of hydrogen-bond donors (Lipinski definition) is 4. The maximum absolute atomic E-state index is 14.2. The summed E-state index contributed by atoms with van der Waals surface area (Å²) in [5, 5.41) is 12.6. The van der Waals surface area contributed by atoms with Crippen LogP contribution in [-0.4, -0.2) is 72.0 Å². The number of amides is 1. The van der Waals surface area contributed by atoms with Crippen molar-refractivity contribution in [3.63, 3.8) is 0 Å². The van der Waals surface area contributed by atoms with E-state index in [2.05, 4.69) is 61.1 Å². The summed E-state index contributed by atoms with van der Waals surface area (Å²) < 4.78 is 19.5. The van der Waals surface area contributed by atoms with E-state index in [1.54, 1.807) is 23.2 Å². The van der Waals surface area contributed by atoms with E-state index in [0.29, 0.717) is 32.2 Å². The summed E-state index contributed by atoms with van der Waals surface area (Å²) in [5.74, 6) is -0.186. The first kappa shape index (κ1) is 27.5. The second kappa shape index (κ2) is 12.9. The highest BCUT2D eigenvalue weighted by atomic mass is 19.1. The van der Waals surface area contributed by atoms with Gasteiger partial charge in [-0.3, -0.25) is 15.6 Å². The molecule has 2 saturated heterocycles. The molecular formula is C28H35FN8O3. The van der Waals surface area contributed by atoms with Crippen molar-refractivity contribution in [2.24, 2.45) is 5.92 Å². The zero-order valence-corrected chi connectivity index (χ0v) is 22.6. The maximum Gasteiger partial charge on any atom is 0.288 e. The number of rotatable bonds is 9. The molecule has 1 amide bonds. The number of morpholine rings is 1. The van der Waals surface area contributed by atoms with Crippen molar-refractivity contribution in [3.8, 4) is 0 Å². The second-order valence-corrected chi connectivity index (χ2v) is 10.1. The minimum atomic E-state index is -0.535. The van der Waals surface area contributed by atoms with E-state index in [0.717, 1.165) is 55.5 Å². The Balaban J connectivity index is 1.17.